The molecule has 1 aromatic rings. The summed E-state index contributed by atoms with van der Waals surface area (Å²) in [6.07, 6.45) is 1.33. The van der Waals surface area contributed by atoms with Crippen molar-refractivity contribution in [2.75, 3.05) is 25.0 Å². The van der Waals surface area contributed by atoms with Crippen molar-refractivity contribution < 1.29 is 14.3 Å². The van der Waals surface area contributed by atoms with Crippen molar-refractivity contribution in [1.29, 1.82) is 0 Å². The van der Waals surface area contributed by atoms with Crippen LogP contribution in [0.25, 0.3) is 0 Å². The van der Waals surface area contributed by atoms with Crippen molar-refractivity contribution in [2.24, 2.45) is 5.92 Å². The van der Waals surface area contributed by atoms with E-state index in [1.165, 1.54) is 0 Å². The fraction of sp³-hybridized carbons (Fsp3) is 0.500. The lowest BCUT2D eigenvalue weighted by Crippen LogP contribution is -2.42. The number of likely N-dealkylation sites (tertiary alicyclic amines) is 1. The van der Waals surface area contributed by atoms with Crippen LogP contribution in [0.3, 0.4) is 0 Å². The van der Waals surface area contributed by atoms with Crippen molar-refractivity contribution >= 4 is 17.7 Å². The van der Waals surface area contributed by atoms with Gasteiger partial charge in [-0.25, -0.2) is 4.79 Å². The van der Waals surface area contributed by atoms with Crippen LogP contribution in [0.1, 0.15) is 25.3 Å². The van der Waals surface area contributed by atoms with Crippen LogP contribution in [0.15, 0.2) is 24.3 Å². The molecular formula is C16H22N2O3. The number of nitrogens with one attached hydrogen (secondary N) is 1. The summed E-state index contributed by atoms with van der Waals surface area (Å²) in [6.45, 7) is 5.39. The molecule has 1 N–H and O–H groups in total. The topological polar surface area (TPSA) is 58.6 Å². The van der Waals surface area contributed by atoms with Crippen LogP contribution in [0.5, 0.6) is 0 Å². The second-order valence-corrected chi connectivity index (χ2v) is 5.31. The molecule has 5 heteroatoms. The number of esters is 1. The van der Waals surface area contributed by atoms with Gasteiger partial charge in [-0.15, -0.1) is 0 Å². The van der Waals surface area contributed by atoms with Gasteiger partial charge in [-0.2, -0.15) is 0 Å². The monoisotopic (exact) mass is 290 g/mol. The molecule has 1 saturated heterocycles. The minimum absolute atomic E-state index is 0.0756. The number of nitrogens with zero attached hydrogens (tertiary/aromatic N) is 1. The number of carbonyl (C=O) groups excluding carboxylic acids is 2. The van der Waals surface area contributed by atoms with Gasteiger partial charge in [-0.3, -0.25) is 4.79 Å². The summed E-state index contributed by atoms with van der Waals surface area (Å²) in [7, 11) is 0. The van der Waals surface area contributed by atoms with Gasteiger partial charge in [0.2, 0.25) is 0 Å². The molecule has 1 heterocycles. The van der Waals surface area contributed by atoms with Crippen LogP contribution in [0, 0.1) is 12.8 Å². The summed E-state index contributed by atoms with van der Waals surface area (Å²) in [5.74, 6) is -0.218. The van der Waals surface area contributed by atoms with E-state index in [2.05, 4.69) is 5.32 Å². The third-order valence-corrected chi connectivity index (χ3v) is 3.70. The predicted octanol–water partition coefficient (Wildman–Crippen LogP) is 2.80. The maximum absolute atomic E-state index is 12.2. The quantitative estimate of drug-likeness (QED) is 0.871. The Kier molecular flexibility index (Phi) is 5.20. The average molecular weight is 290 g/mol. The molecule has 1 aliphatic rings. The molecule has 0 aromatic heterocycles. The molecule has 0 radical (unpaired) electrons. The largest absolute Gasteiger partial charge is 0.466 e. The number of hydrogen-bond donors (Lipinski definition) is 1. The highest BCUT2D eigenvalue weighted by Crippen LogP contribution is 2.19. The molecule has 0 aliphatic carbocycles. The van der Waals surface area contributed by atoms with Crippen molar-refractivity contribution in [1.82, 2.24) is 4.90 Å². The molecule has 114 valence electrons. The Morgan fingerprint density at radius 3 is 2.43 bits per heavy atom. The maximum atomic E-state index is 12.2. The second kappa shape index (κ2) is 7.11. The zero-order valence-electron chi connectivity index (χ0n) is 12.6. The minimum Gasteiger partial charge on any atom is -0.466 e. The summed E-state index contributed by atoms with van der Waals surface area (Å²) in [6, 6.07) is 7.59. The Hall–Kier alpha value is -2.04. The normalized spacial score (nSPS) is 15.6. The van der Waals surface area contributed by atoms with Crippen LogP contribution in [-0.2, 0) is 9.53 Å². The SMILES string of the molecule is CCOC(=O)C1CCN(C(=O)Nc2ccc(C)cc2)CC1. The van der Waals surface area contributed by atoms with E-state index >= 15 is 0 Å². The van der Waals surface area contributed by atoms with Crippen molar-refractivity contribution in [3.8, 4) is 0 Å². The van der Waals surface area contributed by atoms with Crippen LogP contribution < -0.4 is 5.32 Å². The number of rotatable bonds is 3. The van der Waals surface area contributed by atoms with E-state index in [9.17, 15) is 9.59 Å². The van der Waals surface area contributed by atoms with E-state index in [0.29, 0.717) is 32.5 Å². The molecule has 1 fully saturated rings. The van der Waals surface area contributed by atoms with Gasteiger partial charge >= 0.3 is 12.0 Å². The minimum atomic E-state index is -0.143. The number of ether oxygens (including phenoxy) is 1. The highest BCUT2D eigenvalue weighted by atomic mass is 16.5. The molecule has 0 spiro atoms. The molecule has 1 aliphatic heterocycles. The Morgan fingerprint density at radius 1 is 1.24 bits per heavy atom. The fourth-order valence-corrected chi connectivity index (χ4v) is 2.42. The van der Waals surface area contributed by atoms with E-state index in [4.69, 9.17) is 4.74 Å². The van der Waals surface area contributed by atoms with Gasteiger partial charge in [0.15, 0.2) is 0 Å². The molecule has 0 saturated carbocycles. The van der Waals surface area contributed by atoms with E-state index in [-0.39, 0.29) is 17.9 Å². The first-order valence-electron chi connectivity index (χ1n) is 7.39. The second-order valence-electron chi connectivity index (χ2n) is 5.31. The Morgan fingerprint density at radius 2 is 1.86 bits per heavy atom. The fourth-order valence-electron chi connectivity index (χ4n) is 2.42. The van der Waals surface area contributed by atoms with Gasteiger partial charge in [-0.05, 0) is 38.8 Å². The Labute approximate surface area is 125 Å². The third kappa shape index (κ3) is 4.21. The zero-order chi connectivity index (χ0) is 15.2. The smallest absolute Gasteiger partial charge is 0.321 e. The number of anilines is 1. The van der Waals surface area contributed by atoms with Gasteiger partial charge < -0.3 is 15.0 Å². The molecule has 0 bridgehead atoms. The van der Waals surface area contributed by atoms with E-state index in [1.807, 2.05) is 38.1 Å². The number of carbonyl (C=O) groups is 2. The Balaban J connectivity index is 1.83. The Bertz CT molecular complexity index is 491. The summed E-state index contributed by atoms with van der Waals surface area (Å²) in [4.78, 5) is 25.6. The number of urea groups is 1. The van der Waals surface area contributed by atoms with E-state index < -0.39 is 0 Å². The number of amides is 2. The number of aryl methyl sites for hydroxylation is 1. The lowest BCUT2D eigenvalue weighted by Gasteiger charge is -2.30. The lowest BCUT2D eigenvalue weighted by molar-refractivity contribution is -0.149. The van der Waals surface area contributed by atoms with Crippen molar-refractivity contribution in [3.05, 3.63) is 29.8 Å². The van der Waals surface area contributed by atoms with Gasteiger partial charge in [0.1, 0.15) is 0 Å². The van der Waals surface area contributed by atoms with Gasteiger partial charge in [0.05, 0.1) is 12.5 Å². The highest BCUT2D eigenvalue weighted by Gasteiger charge is 2.28. The summed E-state index contributed by atoms with van der Waals surface area (Å²) in [5, 5.41) is 2.88. The molecule has 5 nitrogen and oxygen atoms in total. The molecule has 0 atom stereocenters. The predicted molar refractivity (Wildman–Crippen MR) is 81.1 cm³/mol. The molecule has 2 rings (SSSR count). The lowest BCUT2D eigenvalue weighted by atomic mass is 9.97. The van der Waals surface area contributed by atoms with Gasteiger partial charge in [-0.1, -0.05) is 17.7 Å². The third-order valence-electron chi connectivity index (χ3n) is 3.70. The first-order chi connectivity index (χ1) is 10.1. The van der Waals surface area contributed by atoms with Gasteiger partial charge in [0, 0.05) is 18.8 Å². The molecule has 1 aromatic carbocycles. The number of hydrogen-bond acceptors (Lipinski definition) is 3. The van der Waals surface area contributed by atoms with Crippen LogP contribution in [-0.4, -0.2) is 36.6 Å². The first kappa shape index (κ1) is 15.4. The molecule has 2 amide bonds. The molecular weight excluding hydrogens is 268 g/mol. The van der Waals surface area contributed by atoms with E-state index in [1.54, 1.807) is 4.90 Å². The number of piperidine rings is 1. The molecule has 0 unspecified atom stereocenters. The maximum Gasteiger partial charge on any atom is 0.321 e. The van der Waals surface area contributed by atoms with Crippen LogP contribution >= 0.6 is 0 Å². The van der Waals surface area contributed by atoms with E-state index in [0.717, 1.165) is 11.3 Å². The standard InChI is InChI=1S/C16H22N2O3/c1-3-21-15(19)13-8-10-18(11-9-13)16(20)17-14-6-4-12(2)5-7-14/h4-7,13H,3,8-11H2,1-2H3,(H,17,20). The summed E-state index contributed by atoms with van der Waals surface area (Å²) >= 11 is 0. The molecule has 21 heavy (non-hydrogen) atoms. The highest BCUT2D eigenvalue weighted by molar-refractivity contribution is 5.89. The summed E-state index contributed by atoms with van der Waals surface area (Å²) in [5.41, 5.74) is 1.95. The zero-order valence-corrected chi connectivity index (χ0v) is 12.6. The first-order valence-corrected chi connectivity index (χ1v) is 7.39. The van der Waals surface area contributed by atoms with Crippen LogP contribution in [0.4, 0.5) is 10.5 Å². The van der Waals surface area contributed by atoms with Gasteiger partial charge in [0.25, 0.3) is 0 Å². The van der Waals surface area contributed by atoms with Crippen molar-refractivity contribution in [3.63, 3.8) is 0 Å². The average Bonchev–Trinajstić information content (AvgIpc) is 2.50. The summed E-state index contributed by atoms with van der Waals surface area (Å²) < 4.78 is 5.03. The van der Waals surface area contributed by atoms with Crippen LogP contribution in [0.2, 0.25) is 0 Å². The van der Waals surface area contributed by atoms with Crippen molar-refractivity contribution in [2.45, 2.75) is 26.7 Å². The number of benzene rings is 1.